The normalized spacial score (nSPS) is 22.0. The van der Waals surface area contributed by atoms with Gasteiger partial charge in [-0.3, -0.25) is 14.8 Å². The number of nitrogens with zero attached hydrogens (tertiary/aromatic N) is 1. The van der Waals surface area contributed by atoms with Crippen molar-refractivity contribution in [3.05, 3.63) is 35.4 Å². The molecule has 4 N–H and O–H groups in total. The lowest BCUT2D eigenvalue weighted by atomic mass is 9.84. The van der Waals surface area contributed by atoms with E-state index in [2.05, 4.69) is 5.32 Å². The van der Waals surface area contributed by atoms with E-state index in [-0.39, 0.29) is 18.9 Å². The molecule has 3 atom stereocenters. The van der Waals surface area contributed by atoms with Crippen molar-refractivity contribution in [2.24, 2.45) is 11.8 Å². The maximum Gasteiger partial charge on any atom is 0.416 e. The molecule has 2 rings (SSSR count). The second kappa shape index (κ2) is 9.32. The summed E-state index contributed by atoms with van der Waals surface area (Å²) >= 11 is 0. The molecular formula is C20H28F3N3O4. The van der Waals surface area contributed by atoms with Gasteiger partial charge in [-0.15, -0.1) is 0 Å². The van der Waals surface area contributed by atoms with Crippen LogP contribution < -0.4 is 10.8 Å². The van der Waals surface area contributed by atoms with E-state index in [1.54, 1.807) is 6.92 Å². The van der Waals surface area contributed by atoms with Crippen LogP contribution in [-0.2, 0) is 21.3 Å². The molecule has 1 heterocycles. The number of hydrogen-bond acceptors (Lipinski definition) is 5. The number of halogens is 3. The molecule has 168 valence electrons. The van der Waals surface area contributed by atoms with Crippen LogP contribution >= 0.6 is 0 Å². The Morgan fingerprint density at radius 3 is 2.37 bits per heavy atom. The lowest BCUT2D eigenvalue weighted by Crippen LogP contribution is -2.62. The molecule has 1 saturated heterocycles. The molecule has 30 heavy (non-hydrogen) atoms. The van der Waals surface area contributed by atoms with Crippen LogP contribution in [0.25, 0.3) is 0 Å². The van der Waals surface area contributed by atoms with Gasteiger partial charge in [0, 0.05) is 19.6 Å². The Morgan fingerprint density at radius 1 is 1.27 bits per heavy atom. The highest BCUT2D eigenvalue weighted by Gasteiger charge is 2.44. The minimum Gasteiger partial charge on any atom is -0.382 e. The predicted octanol–water partition coefficient (Wildman–Crippen LogP) is 1.88. The molecule has 7 nitrogen and oxygen atoms in total. The summed E-state index contributed by atoms with van der Waals surface area (Å²) in [4.78, 5) is 26.7. The van der Waals surface area contributed by atoms with Crippen LogP contribution in [0.15, 0.2) is 24.3 Å². The van der Waals surface area contributed by atoms with Gasteiger partial charge in [0.05, 0.1) is 17.0 Å². The Bertz CT molecular complexity index is 755. The molecule has 1 aliphatic rings. The van der Waals surface area contributed by atoms with Gasteiger partial charge in [-0.25, -0.2) is 5.48 Å². The van der Waals surface area contributed by atoms with Gasteiger partial charge in [0.1, 0.15) is 6.10 Å². The van der Waals surface area contributed by atoms with Gasteiger partial charge in [0.25, 0.3) is 5.91 Å². The van der Waals surface area contributed by atoms with Crippen molar-refractivity contribution in [3.8, 4) is 0 Å². The zero-order valence-corrected chi connectivity index (χ0v) is 17.2. The van der Waals surface area contributed by atoms with Crippen molar-refractivity contribution in [3.63, 3.8) is 0 Å². The first-order valence-electron chi connectivity index (χ1n) is 9.73. The van der Waals surface area contributed by atoms with Crippen molar-refractivity contribution in [2.75, 3.05) is 19.6 Å². The number of amides is 2. The van der Waals surface area contributed by atoms with Gasteiger partial charge in [-0.2, -0.15) is 13.2 Å². The van der Waals surface area contributed by atoms with E-state index in [4.69, 9.17) is 5.21 Å². The number of alkyl halides is 3. The first-order valence-corrected chi connectivity index (χ1v) is 9.73. The first kappa shape index (κ1) is 24.1. The monoisotopic (exact) mass is 431 g/mol. The van der Waals surface area contributed by atoms with Crippen molar-refractivity contribution in [1.82, 2.24) is 15.7 Å². The average molecular weight is 431 g/mol. The second-order valence-corrected chi connectivity index (χ2v) is 8.17. The number of aliphatic hydroxyl groups excluding tert-OH is 1. The van der Waals surface area contributed by atoms with E-state index < -0.39 is 41.1 Å². The summed E-state index contributed by atoms with van der Waals surface area (Å²) in [6, 6.07) is 4.61. The molecule has 0 aromatic heterocycles. The number of hydroxylamine groups is 1. The van der Waals surface area contributed by atoms with E-state index in [0.717, 1.165) is 12.1 Å². The number of carbonyl (C=O) groups excluding carboxylic acids is 2. The molecule has 0 radical (unpaired) electrons. The molecule has 1 aliphatic heterocycles. The second-order valence-electron chi connectivity index (χ2n) is 8.17. The highest BCUT2D eigenvalue weighted by molar-refractivity contribution is 5.89. The van der Waals surface area contributed by atoms with Crippen LogP contribution in [0.3, 0.4) is 0 Å². The van der Waals surface area contributed by atoms with E-state index >= 15 is 0 Å². The standard InChI is InChI=1S/C20H28F3N3O4/c1-12(2)10-15(16(27)17(28)25-30)18(29)26-9-8-24-11-19(26,3)13-4-6-14(7-5-13)20(21,22)23/h4-7,12,15-16,24,27,30H,8-11H2,1-3H3,(H,25,28)/t15-,16-,19-/m0/s1. The largest absolute Gasteiger partial charge is 0.416 e. The summed E-state index contributed by atoms with van der Waals surface area (Å²) in [5.74, 6) is -2.71. The van der Waals surface area contributed by atoms with Gasteiger partial charge < -0.3 is 15.3 Å². The van der Waals surface area contributed by atoms with Crippen molar-refractivity contribution in [2.45, 2.75) is 45.0 Å². The molecule has 2 amide bonds. The molecule has 0 saturated carbocycles. The van der Waals surface area contributed by atoms with Crippen LogP contribution in [0.5, 0.6) is 0 Å². The summed E-state index contributed by atoms with van der Waals surface area (Å²) in [5, 5.41) is 22.3. The summed E-state index contributed by atoms with van der Waals surface area (Å²) in [6.45, 7) is 6.38. The highest BCUT2D eigenvalue weighted by atomic mass is 19.4. The third kappa shape index (κ3) is 5.11. The molecular weight excluding hydrogens is 403 g/mol. The third-order valence-corrected chi connectivity index (χ3v) is 5.48. The van der Waals surface area contributed by atoms with Crippen LogP contribution in [0.1, 0.15) is 38.3 Å². The Morgan fingerprint density at radius 2 is 1.87 bits per heavy atom. The van der Waals surface area contributed by atoms with E-state index in [0.29, 0.717) is 18.7 Å². The van der Waals surface area contributed by atoms with E-state index in [9.17, 15) is 27.9 Å². The number of piperazine rings is 1. The minimum absolute atomic E-state index is 0.0275. The number of carbonyl (C=O) groups is 2. The maximum atomic E-state index is 13.4. The molecule has 1 aromatic rings. The number of rotatable bonds is 6. The quantitative estimate of drug-likeness (QED) is 0.407. The van der Waals surface area contributed by atoms with Crippen LogP contribution in [0.2, 0.25) is 0 Å². The molecule has 1 aromatic carbocycles. The Kier molecular flexibility index (Phi) is 7.49. The predicted molar refractivity (Wildman–Crippen MR) is 102 cm³/mol. The van der Waals surface area contributed by atoms with Gasteiger partial charge in [-0.05, 0) is 37.0 Å². The van der Waals surface area contributed by atoms with Crippen LogP contribution in [0.4, 0.5) is 13.2 Å². The number of hydrogen-bond donors (Lipinski definition) is 4. The Hall–Kier alpha value is -2.17. The van der Waals surface area contributed by atoms with Gasteiger partial charge >= 0.3 is 6.18 Å². The topological polar surface area (TPSA) is 102 Å². The minimum atomic E-state index is -4.47. The first-order chi connectivity index (χ1) is 13.9. The van der Waals surface area contributed by atoms with Crippen molar-refractivity contribution >= 4 is 11.8 Å². The molecule has 0 aliphatic carbocycles. The fourth-order valence-corrected chi connectivity index (χ4v) is 3.82. The third-order valence-electron chi connectivity index (χ3n) is 5.48. The summed E-state index contributed by atoms with van der Waals surface area (Å²) < 4.78 is 38.8. The fourth-order valence-electron chi connectivity index (χ4n) is 3.82. The zero-order valence-electron chi connectivity index (χ0n) is 17.2. The SMILES string of the molecule is CC(C)C[C@H](C(=O)N1CCNC[C@@]1(C)c1ccc(C(F)(F)F)cc1)[C@H](O)C(=O)NO. The van der Waals surface area contributed by atoms with Gasteiger partial charge in [-0.1, -0.05) is 26.0 Å². The highest BCUT2D eigenvalue weighted by Crippen LogP contribution is 2.35. The Labute approximate surface area is 173 Å². The zero-order chi connectivity index (χ0) is 22.7. The van der Waals surface area contributed by atoms with Crippen molar-refractivity contribution < 1.29 is 33.1 Å². The molecule has 0 spiro atoms. The van der Waals surface area contributed by atoms with Gasteiger partial charge in [0.2, 0.25) is 5.91 Å². The smallest absolute Gasteiger partial charge is 0.382 e. The molecule has 0 unspecified atom stereocenters. The van der Waals surface area contributed by atoms with E-state index in [1.165, 1.54) is 22.5 Å². The van der Waals surface area contributed by atoms with E-state index in [1.807, 2.05) is 13.8 Å². The van der Waals surface area contributed by atoms with Crippen LogP contribution in [-0.4, -0.2) is 52.8 Å². The maximum absolute atomic E-state index is 13.4. The van der Waals surface area contributed by atoms with Gasteiger partial charge in [0.15, 0.2) is 0 Å². The number of aliphatic hydroxyl groups is 1. The summed E-state index contributed by atoms with van der Waals surface area (Å²) in [5.41, 5.74) is 0.101. The lowest BCUT2D eigenvalue weighted by molar-refractivity contribution is -0.156. The van der Waals surface area contributed by atoms with Crippen LogP contribution in [0, 0.1) is 11.8 Å². The molecule has 0 bridgehead atoms. The Balaban J connectivity index is 2.40. The summed E-state index contributed by atoms with van der Waals surface area (Å²) in [7, 11) is 0. The molecule has 1 fully saturated rings. The van der Waals surface area contributed by atoms with Crippen molar-refractivity contribution in [1.29, 1.82) is 0 Å². The fraction of sp³-hybridized carbons (Fsp3) is 0.600. The average Bonchev–Trinajstić information content (AvgIpc) is 2.70. The number of benzene rings is 1. The molecule has 10 heteroatoms. The summed E-state index contributed by atoms with van der Waals surface area (Å²) in [6.07, 6.45) is -6.03. The number of nitrogens with one attached hydrogen (secondary N) is 2. The lowest BCUT2D eigenvalue weighted by Gasteiger charge is -2.47.